The van der Waals surface area contributed by atoms with E-state index in [9.17, 15) is 9.18 Å². The summed E-state index contributed by atoms with van der Waals surface area (Å²) < 4.78 is 30.7. The van der Waals surface area contributed by atoms with E-state index in [4.69, 9.17) is 14.2 Å². The van der Waals surface area contributed by atoms with Crippen LogP contribution in [-0.4, -0.2) is 42.2 Å². The Morgan fingerprint density at radius 1 is 1.28 bits per heavy atom. The van der Waals surface area contributed by atoms with Crippen molar-refractivity contribution in [1.82, 2.24) is 9.88 Å². The number of carbonyl (C=O) groups excluding carboxylic acids is 1. The van der Waals surface area contributed by atoms with E-state index in [1.54, 1.807) is 34.7 Å². The van der Waals surface area contributed by atoms with Crippen LogP contribution in [0.4, 0.5) is 4.39 Å². The van der Waals surface area contributed by atoms with Gasteiger partial charge in [-0.2, -0.15) is 0 Å². The second-order valence-electron chi connectivity index (χ2n) is 7.58. The molecular weight excluding hydrogens is 431 g/mol. The molecule has 0 saturated carbocycles. The standard InChI is InChI=1S/C24H25FN2O4S/c1-29-23-11-18(7-8-22(23)31-14-20-15-32-16-26-20)24(28)27(13-21-6-3-9-30-21)12-17-4-2-5-19(25)10-17/h2,4-5,7-8,10-11,15-16,21H,3,6,9,12-14H2,1H3. The number of rotatable bonds is 9. The lowest BCUT2D eigenvalue weighted by Crippen LogP contribution is -2.37. The quantitative estimate of drug-likeness (QED) is 0.468. The molecule has 1 aromatic heterocycles. The number of thiazole rings is 1. The lowest BCUT2D eigenvalue weighted by atomic mass is 10.1. The van der Waals surface area contributed by atoms with Gasteiger partial charge < -0.3 is 19.1 Å². The molecule has 1 unspecified atom stereocenters. The fourth-order valence-electron chi connectivity index (χ4n) is 3.67. The zero-order valence-electron chi connectivity index (χ0n) is 17.8. The highest BCUT2D eigenvalue weighted by molar-refractivity contribution is 7.07. The second-order valence-corrected chi connectivity index (χ2v) is 8.30. The topological polar surface area (TPSA) is 60.9 Å². The Kier molecular flexibility index (Phi) is 7.34. The molecule has 1 aliphatic rings. The van der Waals surface area contributed by atoms with Gasteiger partial charge in [0.2, 0.25) is 0 Å². The maximum absolute atomic E-state index is 13.7. The molecule has 2 aromatic carbocycles. The first-order chi connectivity index (χ1) is 15.6. The summed E-state index contributed by atoms with van der Waals surface area (Å²) >= 11 is 1.50. The Labute approximate surface area is 190 Å². The van der Waals surface area contributed by atoms with Crippen molar-refractivity contribution in [2.45, 2.75) is 32.1 Å². The number of benzene rings is 2. The molecule has 1 fully saturated rings. The van der Waals surface area contributed by atoms with Gasteiger partial charge in [0.05, 0.1) is 24.4 Å². The lowest BCUT2D eigenvalue weighted by Gasteiger charge is -2.26. The third-order valence-corrected chi connectivity index (χ3v) is 5.90. The van der Waals surface area contributed by atoms with Crippen LogP contribution in [0.3, 0.4) is 0 Å². The van der Waals surface area contributed by atoms with E-state index in [0.29, 0.717) is 43.4 Å². The number of nitrogens with zero attached hydrogens (tertiary/aromatic N) is 2. The molecule has 0 aliphatic carbocycles. The summed E-state index contributed by atoms with van der Waals surface area (Å²) in [5, 5.41) is 1.92. The van der Waals surface area contributed by atoms with Crippen molar-refractivity contribution in [3.05, 3.63) is 76.0 Å². The molecule has 168 valence electrons. The molecule has 3 aromatic rings. The monoisotopic (exact) mass is 456 g/mol. The van der Waals surface area contributed by atoms with Crippen LogP contribution in [0.5, 0.6) is 11.5 Å². The van der Waals surface area contributed by atoms with Gasteiger partial charge in [-0.25, -0.2) is 9.37 Å². The molecular formula is C24H25FN2O4S. The molecule has 1 amide bonds. The van der Waals surface area contributed by atoms with Crippen molar-refractivity contribution >= 4 is 17.2 Å². The summed E-state index contributed by atoms with van der Waals surface area (Å²) in [5.41, 5.74) is 3.78. The molecule has 6 nitrogen and oxygen atoms in total. The highest BCUT2D eigenvalue weighted by Crippen LogP contribution is 2.30. The maximum Gasteiger partial charge on any atom is 0.254 e. The van der Waals surface area contributed by atoms with Crippen LogP contribution in [0.15, 0.2) is 53.4 Å². The molecule has 1 saturated heterocycles. The minimum Gasteiger partial charge on any atom is -0.493 e. The van der Waals surface area contributed by atoms with Crippen LogP contribution in [0, 0.1) is 5.82 Å². The minimum absolute atomic E-state index is 0.0184. The van der Waals surface area contributed by atoms with Gasteiger partial charge in [-0.05, 0) is 48.7 Å². The summed E-state index contributed by atoms with van der Waals surface area (Å²) in [6, 6.07) is 11.4. The van der Waals surface area contributed by atoms with Crippen LogP contribution in [-0.2, 0) is 17.9 Å². The number of ether oxygens (including phenoxy) is 3. The third-order valence-electron chi connectivity index (χ3n) is 5.27. The predicted octanol–water partition coefficient (Wildman–Crippen LogP) is 4.69. The zero-order chi connectivity index (χ0) is 22.3. The Morgan fingerprint density at radius 3 is 2.91 bits per heavy atom. The molecule has 2 heterocycles. The smallest absolute Gasteiger partial charge is 0.254 e. The average molecular weight is 457 g/mol. The van der Waals surface area contributed by atoms with Gasteiger partial charge in [0.15, 0.2) is 11.5 Å². The van der Waals surface area contributed by atoms with Crippen LogP contribution in [0.25, 0.3) is 0 Å². The average Bonchev–Trinajstić information content (AvgIpc) is 3.51. The first kappa shape index (κ1) is 22.2. The normalized spacial score (nSPS) is 15.5. The van der Waals surface area contributed by atoms with Gasteiger partial charge in [0, 0.05) is 30.6 Å². The van der Waals surface area contributed by atoms with Gasteiger partial charge >= 0.3 is 0 Å². The van der Waals surface area contributed by atoms with E-state index in [1.807, 2.05) is 11.4 Å². The van der Waals surface area contributed by atoms with Gasteiger partial charge in [-0.3, -0.25) is 4.79 Å². The summed E-state index contributed by atoms with van der Waals surface area (Å²) in [6.07, 6.45) is 1.86. The highest BCUT2D eigenvalue weighted by atomic mass is 32.1. The fourth-order valence-corrected chi connectivity index (χ4v) is 4.22. The van der Waals surface area contributed by atoms with Crippen molar-refractivity contribution in [2.75, 3.05) is 20.3 Å². The summed E-state index contributed by atoms with van der Waals surface area (Å²) in [6.45, 7) is 1.75. The number of aromatic nitrogens is 1. The van der Waals surface area contributed by atoms with Gasteiger partial charge in [-0.1, -0.05) is 12.1 Å². The van der Waals surface area contributed by atoms with Crippen molar-refractivity contribution in [3.8, 4) is 11.5 Å². The Morgan fingerprint density at radius 2 is 2.19 bits per heavy atom. The predicted molar refractivity (Wildman–Crippen MR) is 120 cm³/mol. The molecule has 1 atom stereocenters. The summed E-state index contributed by atoms with van der Waals surface area (Å²) in [5.74, 6) is 0.506. The Balaban J connectivity index is 1.53. The van der Waals surface area contributed by atoms with Crippen LogP contribution < -0.4 is 9.47 Å². The summed E-state index contributed by atoms with van der Waals surface area (Å²) in [7, 11) is 1.54. The van der Waals surface area contributed by atoms with Crippen molar-refractivity contribution < 1.29 is 23.4 Å². The molecule has 4 rings (SSSR count). The van der Waals surface area contributed by atoms with E-state index >= 15 is 0 Å². The first-order valence-electron chi connectivity index (χ1n) is 10.5. The van der Waals surface area contributed by atoms with E-state index in [2.05, 4.69) is 4.98 Å². The van der Waals surface area contributed by atoms with Crippen LogP contribution in [0.2, 0.25) is 0 Å². The van der Waals surface area contributed by atoms with Crippen LogP contribution in [0.1, 0.15) is 34.5 Å². The van der Waals surface area contributed by atoms with Crippen molar-refractivity contribution in [3.63, 3.8) is 0 Å². The van der Waals surface area contributed by atoms with Crippen molar-refractivity contribution in [1.29, 1.82) is 0 Å². The number of hydrogen-bond donors (Lipinski definition) is 0. The van der Waals surface area contributed by atoms with E-state index in [1.165, 1.54) is 30.6 Å². The fraction of sp³-hybridized carbons (Fsp3) is 0.333. The molecule has 0 spiro atoms. The molecule has 1 aliphatic heterocycles. The van der Waals surface area contributed by atoms with E-state index in [0.717, 1.165) is 24.1 Å². The Bertz CT molecular complexity index is 1040. The van der Waals surface area contributed by atoms with Crippen molar-refractivity contribution in [2.24, 2.45) is 0 Å². The van der Waals surface area contributed by atoms with Gasteiger partial charge in [-0.15, -0.1) is 11.3 Å². The number of hydrogen-bond acceptors (Lipinski definition) is 6. The highest BCUT2D eigenvalue weighted by Gasteiger charge is 2.24. The largest absolute Gasteiger partial charge is 0.493 e. The zero-order valence-corrected chi connectivity index (χ0v) is 18.6. The molecule has 32 heavy (non-hydrogen) atoms. The Hall–Kier alpha value is -2.97. The minimum atomic E-state index is -0.324. The van der Waals surface area contributed by atoms with E-state index < -0.39 is 0 Å². The SMILES string of the molecule is COc1cc(C(=O)N(Cc2cccc(F)c2)CC2CCCO2)ccc1OCc1cscn1. The number of carbonyl (C=O) groups is 1. The van der Waals surface area contributed by atoms with E-state index in [-0.39, 0.29) is 17.8 Å². The number of halogens is 1. The molecule has 8 heteroatoms. The lowest BCUT2D eigenvalue weighted by molar-refractivity contribution is 0.0506. The number of methoxy groups -OCH3 is 1. The maximum atomic E-state index is 13.7. The third kappa shape index (κ3) is 5.63. The first-order valence-corrected chi connectivity index (χ1v) is 11.4. The second kappa shape index (κ2) is 10.6. The number of amides is 1. The van der Waals surface area contributed by atoms with Gasteiger partial charge in [0.1, 0.15) is 12.4 Å². The summed E-state index contributed by atoms with van der Waals surface area (Å²) in [4.78, 5) is 19.3. The molecule has 0 radical (unpaired) electrons. The van der Waals surface area contributed by atoms with Crippen LogP contribution >= 0.6 is 11.3 Å². The molecule has 0 N–H and O–H groups in total. The van der Waals surface area contributed by atoms with Gasteiger partial charge in [0.25, 0.3) is 5.91 Å². The molecule has 0 bridgehead atoms.